The second kappa shape index (κ2) is 6.71. The lowest BCUT2D eigenvalue weighted by Gasteiger charge is -1.97. The van der Waals surface area contributed by atoms with Crippen LogP contribution in [0.1, 0.15) is 11.1 Å². The number of hydrogen-bond donors (Lipinski definition) is 2. The summed E-state index contributed by atoms with van der Waals surface area (Å²) in [6.45, 7) is 0. The highest BCUT2D eigenvalue weighted by Gasteiger charge is 1.94. The number of para-hydroxylation sites is 2. The molecule has 2 rings (SSSR count). The van der Waals surface area contributed by atoms with Gasteiger partial charge in [0, 0.05) is 11.1 Å². The van der Waals surface area contributed by atoms with Crippen molar-refractivity contribution in [3.05, 3.63) is 70.5 Å². The van der Waals surface area contributed by atoms with E-state index in [9.17, 15) is 10.2 Å². The van der Waals surface area contributed by atoms with E-state index >= 15 is 0 Å². The van der Waals surface area contributed by atoms with Gasteiger partial charge in [-0.2, -0.15) is 0 Å². The number of thioether (sulfide) groups is 1. The molecule has 3 heteroatoms. The molecule has 0 unspecified atom stereocenters. The van der Waals surface area contributed by atoms with Crippen molar-refractivity contribution < 1.29 is 10.2 Å². The predicted molar refractivity (Wildman–Crippen MR) is 81.9 cm³/mol. The Balaban J connectivity index is 1.94. The van der Waals surface area contributed by atoms with Crippen molar-refractivity contribution in [2.24, 2.45) is 0 Å². The fourth-order valence-electron chi connectivity index (χ4n) is 1.53. The third kappa shape index (κ3) is 3.93. The molecule has 2 aromatic rings. The maximum absolute atomic E-state index is 9.57. The summed E-state index contributed by atoms with van der Waals surface area (Å²) in [6, 6.07) is 14.3. The van der Waals surface area contributed by atoms with Crippen LogP contribution in [0, 0.1) is 0 Å². The van der Waals surface area contributed by atoms with Gasteiger partial charge in [-0.3, -0.25) is 0 Å². The number of rotatable bonds is 4. The molecule has 2 N–H and O–H groups in total. The topological polar surface area (TPSA) is 40.5 Å². The SMILES string of the molecule is Oc1ccccc1C=CSC=Cc1ccccc1O. The van der Waals surface area contributed by atoms with Gasteiger partial charge in [0.25, 0.3) is 0 Å². The average molecular weight is 270 g/mol. The molecule has 0 amide bonds. The molecular formula is C16H14O2S. The fourth-order valence-corrected chi connectivity index (χ4v) is 2.07. The quantitative estimate of drug-likeness (QED) is 0.861. The Hall–Kier alpha value is -2.13. The first-order valence-corrected chi connectivity index (χ1v) is 6.76. The number of phenols is 2. The summed E-state index contributed by atoms with van der Waals surface area (Å²) in [5.41, 5.74) is 1.57. The van der Waals surface area contributed by atoms with Crippen molar-refractivity contribution in [3.63, 3.8) is 0 Å². The summed E-state index contributed by atoms with van der Waals surface area (Å²) in [5, 5.41) is 22.9. The smallest absolute Gasteiger partial charge is 0.122 e. The zero-order valence-electron chi connectivity index (χ0n) is 10.2. The number of phenolic OH excluding ortho intramolecular Hbond substituents is 2. The molecule has 0 aliphatic heterocycles. The van der Waals surface area contributed by atoms with Gasteiger partial charge in [0.1, 0.15) is 11.5 Å². The maximum atomic E-state index is 9.57. The first-order chi connectivity index (χ1) is 9.27. The van der Waals surface area contributed by atoms with Crippen molar-refractivity contribution in [2.45, 2.75) is 0 Å². The Morgan fingerprint density at radius 1 is 0.684 bits per heavy atom. The van der Waals surface area contributed by atoms with E-state index < -0.39 is 0 Å². The van der Waals surface area contributed by atoms with Crippen LogP contribution in [0.4, 0.5) is 0 Å². The van der Waals surface area contributed by atoms with Crippen LogP contribution < -0.4 is 0 Å². The Labute approximate surface area is 116 Å². The van der Waals surface area contributed by atoms with Gasteiger partial charge in [-0.25, -0.2) is 0 Å². The van der Waals surface area contributed by atoms with E-state index in [0.29, 0.717) is 0 Å². The van der Waals surface area contributed by atoms with Crippen molar-refractivity contribution in [3.8, 4) is 11.5 Å². The largest absolute Gasteiger partial charge is 0.507 e. The van der Waals surface area contributed by atoms with Crippen molar-refractivity contribution >= 4 is 23.9 Å². The van der Waals surface area contributed by atoms with Gasteiger partial charge in [-0.05, 0) is 35.1 Å². The second-order valence-electron chi connectivity index (χ2n) is 3.86. The normalized spacial score (nSPS) is 11.4. The van der Waals surface area contributed by atoms with E-state index in [-0.39, 0.29) is 11.5 Å². The van der Waals surface area contributed by atoms with Gasteiger partial charge >= 0.3 is 0 Å². The Morgan fingerprint density at radius 3 is 1.53 bits per heavy atom. The highest BCUT2D eigenvalue weighted by atomic mass is 32.2. The summed E-state index contributed by atoms with van der Waals surface area (Å²) in [6.07, 6.45) is 3.68. The molecule has 0 fully saturated rings. The minimum atomic E-state index is 0.268. The van der Waals surface area contributed by atoms with Crippen LogP contribution in [-0.4, -0.2) is 10.2 Å². The highest BCUT2D eigenvalue weighted by molar-refractivity contribution is 8.05. The number of aromatic hydroxyl groups is 2. The van der Waals surface area contributed by atoms with Crippen LogP contribution in [0.2, 0.25) is 0 Å². The van der Waals surface area contributed by atoms with Gasteiger partial charge in [0.2, 0.25) is 0 Å². The van der Waals surface area contributed by atoms with Crippen LogP contribution in [-0.2, 0) is 0 Å². The van der Waals surface area contributed by atoms with E-state index in [1.165, 1.54) is 11.8 Å². The predicted octanol–water partition coefficient (Wildman–Crippen LogP) is 4.47. The van der Waals surface area contributed by atoms with Gasteiger partial charge < -0.3 is 10.2 Å². The van der Waals surface area contributed by atoms with E-state index in [4.69, 9.17) is 0 Å². The third-order valence-electron chi connectivity index (χ3n) is 2.53. The summed E-state index contributed by atoms with van der Waals surface area (Å²) < 4.78 is 0. The monoisotopic (exact) mass is 270 g/mol. The molecule has 19 heavy (non-hydrogen) atoms. The van der Waals surface area contributed by atoms with E-state index in [1.807, 2.05) is 47.2 Å². The molecule has 2 nitrogen and oxygen atoms in total. The molecule has 0 atom stereocenters. The second-order valence-corrected chi connectivity index (χ2v) is 4.68. The number of benzene rings is 2. The summed E-state index contributed by atoms with van der Waals surface area (Å²) >= 11 is 1.48. The number of hydrogen-bond acceptors (Lipinski definition) is 3. The van der Waals surface area contributed by atoms with Gasteiger partial charge in [-0.1, -0.05) is 36.4 Å². The maximum Gasteiger partial charge on any atom is 0.122 e. The molecule has 2 aromatic carbocycles. The Kier molecular flexibility index (Phi) is 4.70. The van der Waals surface area contributed by atoms with Crippen LogP contribution in [0.15, 0.2) is 59.3 Å². The molecule has 0 saturated heterocycles. The molecule has 0 heterocycles. The zero-order chi connectivity index (χ0) is 13.5. The van der Waals surface area contributed by atoms with Crippen LogP contribution in [0.25, 0.3) is 12.2 Å². The van der Waals surface area contributed by atoms with Crippen molar-refractivity contribution in [2.75, 3.05) is 0 Å². The van der Waals surface area contributed by atoms with Gasteiger partial charge in [-0.15, -0.1) is 11.8 Å². The molecule has 0 aliphatic rings. The molecular weight excluding hydrogens is 256 g/mol. The van der Waals surface area contributed by atoms with E-state index in [1.54, 1.807) is 24.3 Å². The standard InChI is InChI=1S/C16H14O2S/c17-15-7-3-1-5-13(15)9-11-19-12-10-14-6-2-4-8-16(14)18/h1-12,17-18H. The minimum Gasteiger partial charge on any atom is -0.507 e. The van der Waals surface area contributed by atoms with Gasteiger partial charge in [0.05, 0.1) is 0 Å². The lowest BCUT2D eigenvalue weighted by molar-refractivity contribution is 0.473. The first-order valence-electron chi connectivity index (χ1n) is 5.82. The lowest BCUT2D eigenvalue weighted by atomic mass is 10.2. The molecule has 96 valence electrons. The molecule has 0 spiro atoms. The molecule has 0 aliphatic carbocycles. The van der Waals surface area contributed by atoms with E-state index in [2.05, 4.69) is 0 Å². The third-order valence-corrected chi connectivity index (χ3v) is 3.11. The lowest BCUT2D eigenvalue weighted by Crippen LogP contribution is -1.72. The first kappa shape index (κ1) is 13.3. The molecule has 0 saturated carbocycles. The highest BCUT2D eigenvalue weighted by Crippen LogP contribution is 2.21. The van der Waals surface area contributed by atoms with Crippen molar-refractivity contribution in [1.29, 1.82) is 0 Å². The summed E-state index contributed by atoms with van der Waals surface area (Å²) in [5.74, 6) is 0.535. The van der Waals surface area contributed by atoms with Crippen LogP contribution in [0.5, 0.6) is 11.5 Å². The Morgan fingerprint density at radius 2 is 1.11 bits per heavy atom. The van der Waals surface area contributed by atoms with E-state index in [0.717, 1.165) is 11.1 Å². The summed E-state index contributed by atoms with van der Waals surface area (Å²) in [7, 11) is 0. The molecule has 0 aromatic heterocycles. The van der Waals surface area contributed by atoms with Crippen molar-refractivity contribution in [1.82, 2.24) is 0 Å². The van der Waals surface area contributed by atoms with Crippen LogP contribution in [0.3, 0.4) is 0 Å². The zero-order valence-corrected chi connectivity index (χ0v) is 11.0. The Bertz CT molecular complexity index is 550. The van der Waals surface area contributed by atoms with Crippen LogP contribution >= 0.6 is 11.8 Å². The molecule has 0 radical (unpaired) electrons. The summed E-state index contributed by atoms with van der Waals surface area (Å²) in [4.78, 5) is 0. The molecule has 0 bridgehead atoms. The average Bonchev–Trinajstić information content (AvgIpc) is 2.42. The van der Waals surface area contributed by atoms with Gasteiger partial charge in [0.15, 0.2) is 0 Å². The minimum absolute atomic E-state index is 0.268. The fraction of sp³-hybridized carbons (Fsp3) is 0.